The lowest BCUT2D eigenvalue weighted by Crippen LogP contribution is -1.92. The van der Waals surface area contributed by atoms with Crippen LogP contribution in [0, 0.1) is 0 Å². The third-order valence-corrected chi connectivity index (χ3v) is 2.74. The fraction of sp³-hybridized carbons (Fsp3) is 0.143. The minimum absolute atomic E-state index is 0.951. The van der Waals surface area contributed by atoms with Gasteiger partial charge in [0.2, 0.25) is 0 Å². The summed E-state index contributed by atoms with van der Waals surface area (Å²) in [5.74, 6) is 0. The van der Waals surface area contributed by atoms with Gasteiger partial charge < -0.3 is 0 Å². The highest BCUT2D eigenvalue weighted by Gasteiger charge is 2.04. The number of hydrogen-bond acceptors (Lipinski definition) is 2. The summed E-state index contributed by atoms with van der Waals surface area (Å²) in [7, 11) is 0. The predicted molar refractivity (Wildman–Crippen MR) is 65.9 cm³/mol. The molecule has 0 saturated carbocycles. The molecule has 0 aliphatic heterocycles. The SMILES string of the molecule is C1=CC(c2cnc3ccccc3n2)=CCC1. The summed E-state index contributed by atoms with van der Waals surface area (Å²) in [5.41, 5.74) is 4.06. The Kier molecular flexibility index (Phi) is 2.26. The molecule has 16 heavy (non-hydrogen) atoms. The van der Waals surface area contributed by atoms with Crippen LogP contribution in [0.25, 0.3) is 16.6 Å². The van der Waals surface area contributed by atoms with Crippen LogP contribution in [0.1, 0.15) is 18.5 Å². The van der Waals surface area contributed by atoms with Gasteiger partial charge in [0.1, 0.15) is 0 Å². The molecule has 1 aromatic heterocycles. The monoisotopic (exact) mass is 208 g/mol. The van der Waals surface area contributed by atoms with E-state index < -0.39 is 0 Å². The molecule has 0 saturated heterocycles. The van der Waals surface area contributed by atoms with Gasteiger partial charge >= 0.3 is 0 Å². The molecule has 1 aromatic carbocycles. The number of para-hydroxylation sites is 2. The van der Waals surface area contributed by atoms with Crippen molar-refractivity contribution in [2.45, 2.75) is 12.8 Å². The summed E-state index contributed by atoms with van der Waals surface area (Å²) in [6.45, 7) is 0. The highest BCUT2D eigenvalue weighted by atomic mass is 14.8. The lowest BCUT2D eigenvalue weighted by atomic mass is 10.0. The van der Waals surface area contributed by atoms with Gasteiger partial charge in [-0.3, -0.25) is 4.98 Å². The van der Waals surface area contributed by atoms with Crippen molar-refractivity contribution in [3.63, 3.8) is 0 Å². The topological polar surface area (TPSA) is 25.8 Å². The minimum Gasteiger partial charge on any atom is -0.252 e. The highest BCUT2D eigenvalue weighted by molar-refractivity contribution is 5.79. The van der Waals surface area contributed by atoms with Crippen molar-refractivity contribution in [2.24, 2.45) is 0 Å². The summed E-state index contributed by atoms with van der Waals surface area (Å²) >= 11 is 0. The number of benzene rings is 1. The molecule has 0 fully saturated rings. The first kappa shape index (κ1) is 9.28. The highest BCUT2D eigenvalue weighted by Crippen LogP contribution is 2.20. The van der Waals surface area contributed by atoms with E-state index in [-0.39, 0.29) is 0 Å². The summed E-state index contributed by atoms with van der Waals surface area (Å²) in [6, 6.07) is 7.96. The number of nitrogens with zero attached hydrogens (tertiary/aromatic N) is 2. The van der Waals surface area contributed by atoms with E-state index in [1.54, 1.807) is 0 Å². The third kappa shape index (κ3) is 1.63. The second-order valence-corrected chi connectivity index (χ2v) is 3.88. The standard InChI is InChI=1S/C14H12N2/c1-2-6-11(7-3-1)14-10-15-12-8-4-5-9-13(12)16-14/h2,4-10H,1,3H2. The van der Waals surface area contributed by atoms with Gasteiger partial charge in [-0.15, -0.1) is 0 Å². The molecule has 0 N–H and O–H groups in total. The number of aromatic nitrogens is 2. The van der Waals surface area contributed by atoms with Crippen LogP contribution in [-0.2, 0) is 0 Å². The van der Waals surface area contributed by atoms with Gasteiger partial charge in [0, 0.05) is 0 Å². The van der Waals surface area contributed by atoms with E-state index in [1.807, 2.05) is 30.5 Å². The van der Waals surface area contributed by atoms with E-state index in [0.29, 0.717) is 0 Å². The lowest BCUT2D eigenvalue weighted by molar-refractivity contribution is 1.04. The van der Waals surface area contributed by atoms with Crippen LogP contribution in [0.2, 0.25) is 0 Å². The Morgan fingerprint density at radius 1 is 1.00 bits per heavy atom. The van der Waals surface area contributed by atoms with E-state index in [2.05, 4.69) is 28.2 Å². The first-order valence-electron chi connectivity index (χ1n) is 5.52. The van der Waals surface area contributed by atoms with E-state index in [1.165, 1.54) is 5.57 Å². The predicted octanol–water partition coefficient (Wildman–Crippen LogP) is 3.36. The zero-order valence-corrected chi connectivity index (χ0v) is 8.93. The zero-order chi connectivity index (χ0) is 10.8. The van der Waals surface area contributed by atoms with Crippen molar-refractivity contribution in [1.82, 2.24) is 9.97 Å². The van der Waals surface area contributed by atoms with E-state index in [9.17, 15) is 0 Å². The van der Waals surface area contributed by atoms with Crippen LogP contribution in [-0.4, -0.2) is 9.97 Å². The van der Waals surface area contributed by atoms with Crippen LogP contribution in [0.15, 0.2) is 48.7 Å². The maximum atomic E-state index is 4.62. The van der Waals surface area contributed by atoms with Gasteiger partial charge in [-0.2, -0.15) is 0 Å². The normalized spacial score (nSPS) is 15.1. The van der Waals surface area contributed by atoms with Gasteiger partial charge in [-0.05, 0) is 30.5 Å². The number of hydrogen-bond donors (Lipinski definition) is 0. The second kappa shape index (κ2) is 3.89. The van der Waals surface area contributed by atoms with Crippen molar-refractivity contribution < 1.29 is 0 Å². The average molecular weight is 208 g/mol. The molecule has 2 heteroatoms. The Bertz CT molecular complexity index is 582. The molecule has 1 aliphatic carbocycles. The van der Waals surface area contributed by atoms with E-state index in [4.69, 9.17) is 0 Å². The van der Waals surface area contributed by atoms with Crippen molar-refractivity contribution in [3.05, 3.63) is 54.4 Å². The Hall–Kier alpha value is -1.96. The number of allylic oxidation sites excluding steroid dienone is 4. The van der Waals surface area contributed by atoms with Gasteiger partial charge in [-0.25, -0.2) is 4.98 Å². The molecule has 2 nitrogen and oxygen atoms in total. The van der Waals surface area contributed by atoms with Crippen LogP contribution in [0.3, 0.4) is 0 Å². The van der Waals surface area contributed by atoms with Crippen LogP contribution in [0.5, 0.6) is 0 Å². The smallest absolute Gasteiger partial charge is 0.0894 e. The van der Waals surface area contributed by atoms with Crippen LogP contribution in [0.4, 0.5) is 0 Å². The van der Waals surface area contributed by atoms with Crippen molar-refractivity contribution >= 4 is 16.6 Å². The van der Waals surface area contributed by atoms with Crippen LogP contribution >= 0.6 is 0 Å². The maximum absolute atomic E-state index is 4.62. The van der Waals surface area contributed by atoms with Crippen molar-refractivity contribution in [1.29, 1.82) is 0 Å². The largest absolute Gasteiger partial charge is 0.252 e. The third-order valence-electron chi connectivity index (χ3n) is 2.74. The molecule has 1 aliphatic rings. The van der Waals surface area contributed by atoms with Crippen molar-refractivity contribution in [3.8, 4) is 0 Å². The molecule has 3 rings (SSSR count). The Morgan fingerprint density at radius 2 is 1.88 bits per heavy atom. The second-order valence-electron chi connectivity index (χ2n) is 3.88. The van der Waals surface area contributed by atoms with Crippen molar-refractivity contribution in [2.75, 3.05) is 0 Å². The number of rotatable bonds is 1. The zero-order valence-electron chi connectivity index (χ0n) is 8.93. The van der Waals surface area contributed by atoms with E-state index in [0.717, 1.165) is 29.6 Å². The minimum atomic E-state index is 0.951. The summed E-state index contributed by atoms with van der Waals surface area (Å²) in [6.07, 6.45) is 10.6. The lowest BCUT2D eigenvalue weighted by Gasteiger charge is -2.06. The summed E-state index contributed by atoms with van der Waals surface area (Å²) in [5, 5.41) is 0. The molecule has 0 atom stereocenters. The molecule has 0 radical (unpaired) electrons. The molecule has 0 amide bonds. The average Bonchev–Trinajstić information content (AvgIpc) is 2.39. The van der Waals surface area contributed by atoms with Gasteiger partial charge in [0.15, 0.2) is 0 Å². The number of fused-ring (bicyclic) bond motifs is 1. The molecule has 1 heterocycles. The molecule has 2 aromatic rings. The van der Waals surface area contributed by atoms with Gasteiger partial charge in [0.25, 0.3) is 0 Å². The molecular weight excluding hydrogens is 196 g/mol. The molecule has 0 bridgehead atoms. The summed E-state index contributed by atoms with van der Waals surface area (Å²) < 4.78 is 0. The Balaban J connectivity index is 2.11. The fourth-order valence-electron chi connectivity index (χ4n) is 1.90. The quantitative estimate of drug-likeness (QED) is 0.718. The maximum Gasteiger partial charge on any atom is 0.0894 e. The Morgan fingerprint density at radius 3 is 2.69 bits per heavy atom. The molecule has 0 unspecified atom stereocenters. The van der Waals surface area contributed by atoms with Gasteiger partial charge in [0.05, 0.1) is 22.9 Å². The molecule has 78 valence electrons. The summed E-state index contributed by atoms with van der Waals surface area (Å²) in [4.78, 5) is 9.04. The first-order valence-corrected chi connectivity index (χ1v) is 5.52. The first-order chi connectivity index (χ1) is 7.93. The van der Waals surface area contributed by atoms with Gasteiger partial charge in [-0.1, -0.05) is 30.4 Å². The fourth-order valence-corrected chi connectivity index (χ4v) is 1.90. The molecular formula is C14H12N2. The van der Waals surface area contributed by atoms with Crippen LogP contribution < -0.4 is 0 Å². The Labute approximate surface area is 94.4 Å². The van der Waals surface area contributed by atoms with E-state index >= 15 is 0 Å². The molecule has 0 spiro atoms.